The molecule has 2 aromatic carbocycles. The van der Waals surface area contributed by atoms with Gasteiger partial charge in [-0.3, -0.25) is 4.79 Å². The Morgan fingerprint density at radius 3 is 2.37 bits per heavy atom. The lowest BCUT2D eigenvalue weighted by molar-refractivity contribution is -0.115. The topological polar surface area (TPSA) is 77.7 Å². The molecule has 1 aromatic heterocycles. The fourth-order valence-electron chi connectivity index (χ4n) is 2.45. The molecule has 0 aliphatic heterocycles. The normalized spacial score (nSPS) is 12.5. The number of halogens is 2. The zero-order chi connectivity index (χ0) is 19.8. The number of amides is 1. The van der Waals surface area contributed by atoms with E-state index in [1.165, 1.54) is 42.7 Å². The molecule has 3 aromatic rings. The Morgan fingerprint density at radius 1 is 1.15 bits per heavy atom. The quantitative estimate of drug-likeness (QED) is 0.617. The fourth-order valence-corrected chi connectivity index (χ4v) is 5.24. The maximum Gasteiger partial charge on any atom is 0.263 e. The molecule has 0 saturated heterocycles. The molecular weight excluding hydrogens is 431 g/mol. The van der Waals surface area contributed by atoms with Crippen LogP contribution in [0.1, 0.15) is 0 Å². The Balaban J connectivity index is 1.95. The molecule has 6 nitrogen and oxygen atoms in total. The van der Waals surface area contributed by atoms with E-state index in [0.29, 0.717) is 30.8 Å². The number of hydrogen-bond donors (Lipinski definition) is 0. The highest BCUT2D eigenvalue weighted by atomic mass is 35.5. The van der Waals surface area contributed by atoms with Crippen molar-refractivity contribution in [1.82, 2.24) is 4.57 Å². The summed E-state index contributed by atoms with van der Waals surface area (Å²) in [6.45, 7) is 0. The second-order valence-electron chi connectivity index (χ2n) is 5.59. The number of carbonyl (C=O) groups excluding carboxylic acids is 1. The second-order valence-corrected chi connectivity index (χ2v) is 9.37. The summed E-state index contributed by atoms with van der Waals surface area (Å²) in [6, 6.07) is 9.12. The van der Waals surface area contributed by atoms with Crippen molar-refractivity contribution in [3.63, 3.8) is 0 Å². The zero-order valence-corrected chi connectivity index (χ0v) is 17.4. The Hall–Kier alpha value is -1.87. The number of ether oxygens (including phenoxy) is 1. The lowest BCUT2D eigenvalue weighted by Gasteiger charge is -2.03. The van der Waals surface area contributed by atoms with E-state index in [4.69, 9.17) is 27.9 Å². The lowest BCUT2D eigenvalue weighted by atomic mass is 10.3. The number of methoxy groups -OCH3 is 1. The van der Waals surface area contributed by atoms with Gasteiger partial charge in [0.15, 0.2) is 14.6 Å². The Kier molecular flexibility index (Phi) is 5.62. The molecule has 0 fully saturated rings. The van der Waals surface area contributed by atoms with Crippen LogP contribution in [0.5, 0.6) is 5.75 Å². The van der Waals surface area contributed by atoms with Gasteiger partial charge in [0, 0.05) is 7.05 Å². The van der Waals surface area contributed by atoms with Gasteiger partial charge in [-0.25, -0.2) is 8.42 Å². The first-order valence-electron chi connectivity index (χ1n) is 7.61. The van der Waals surface area contributed by atoms with Crippen LogP contribution in [0.15, 0.2) is 46.3 Å². The molecular formula is C17H14Cl2N2O4S2. The van der Waals surface area contributed by atoms with Crippen LogP contribution >= 0.6 is 34.5 Å². The number of rotatable bonds is 4. The van der Waals surface area contributed by atoms with Gasteiger partial charge in [0.1, 0.15) is 11.5 Å². The zero-order valence-electron chi connectivity index (χ0n) is 14.3. The third-order valence-corrected chi connectivity index (χ3v) is 7.32. The van der Waals surface area contributed by atoms with E-state index in [0.717, 1.165) is 0 Å². The van der Waals surface area contributed by atoms with E-state index in [1.807, 2.05) is 0 Å². The van der Waals surface area contributed by atoms with Gasteiger partial charge >= 0.3 is 0 Å². The first-order valence-corrected chi connectivity index (χ1v) is 10.8. The lowest BCUT2D eigenvalue weighted by Crippen LogP contribution is -2.19. The number of hydrogen-bond acceptors (Lipinski definition) is 5. The van der Waals surface area contributed by atoms with Crippen LogP contribution in [0.25, 0.3) is 10.2 Å². The molecule has 0 N–H and O–H groups in total. The molecule has 10 heteroatoms. The minimum Gasteiger partial charge on any atom is -0.497 e. The molecule has 0 bridgehead atoms. The summed E-state index contributed by atoms with van der Waals surface area (Å²) in [7, 11) is -0.652. The highest BCUT2D eigenvalue weighted by Gasteiger charge is 2.20. The molecule has 0 unspecified atom stereocenters. The number of fused-ring (bicyclic) bond motifs is 1. The van der Waals surface area contributed by atoms with Crippen molar-refractivity contribution in [2.24, 2.45) is 12.0 Å². The third kappa shape index (κ3) is 4.03. The van der Waals surface area contributed by atoms with Gasteiger partial charge in [-0.1, -0.05) is 34.5 Å². The van der Waals surface area contributed by atoms with Gasteiger partial charge in [-0.05, 0) is 36.4 Å². The van der Waals surface area contributed by atoms with Crippen molar-refractivity contribution < 1.29 is 17.9 Å². The summed E-state index contributed by atoms with van der Waals surface area (Å²) in [5, 5.41) is 0.947. The van der Waals surface area contributed by atoms with Crippen molar-refractivity contribution >= 4 is 60.5 Å². The van der Waals surface area contributed by atoms with Gasteiger partial charge in [0.25, 0.3) is 5.91 Å². The predicted molar refractivity (Wildman–Crippen MR) is 106 cm³/mol. The largest absolute Gasteiger partial charge is 0.497 e. The summed E-state index contributed by atoms with van der Waals surface area (Å²) < 4.78 is 32.2. The van der Waals surface area contributed by atoms with E-state index in [2.05, 4.69) is 4.99 Å². The van der Waals surface area contributed by atoms with E-state index in [9.17, 15) is 13.2 Å². The first-order chi connectivity index (χ1) is 12.7. The fraction of sp³-hybridized carbons (Fsp3) is 0.176. The van der Waals surface area contributed by atoms with Gasteiger partial charge in [0.05, 0.1) is 32.3 Å². The van der Waals surface area contributed by atoms with Crippen LogP contribution in [0.4, 0.5) is 0 Å². The van der Waals surface area contributed by atoms with Crippen molar-refractivity contribution in [3.8, 4) is 5.75 Å². The van der Waals surface area contributed by atoms with Gasteiger partial charge in [-0.2, -0.15) is 4.99 Å². The van der Waals surface area contributed by atoms with E-state index in [-0.39, 0.29) is 4.90 Å². The first kappa shape index (κ1) is 19.9. The maximum atomic E-state index is 12.4. The Morgan fingerprint density at radius 2 is 1.78 bits per heavy atom. The molecule has 0 atom stereocenters. The standard InChI is InChI=1S/C17H14Cl2N2O4S2/c1-21-15-12(18)7-8-13(19)16(15)26-17(21)20-14(22)9-27(23,24)11-5-3-10(25-2)4-6-11/h3-8H,9H2,1-2H3. The molecule has 0 aliphatic carbocycles. The van der Waals surface area contributed by atoms with Crippen molar-refractivity contribution in [2.45, 2.75) is 4.90 Å². The monoisotopic (exact) mass is 444 g/mol. The average molecular weight is 445 g/mol. The summed E-state index contributed by atoms with van der Waals surface area (Å²) in [5.41, 5.74) is 0.638. The van der Waals surface area contributed by atoms with Crippen LogP contribution < -0.4 is 9.54 Å². The molecule has 0 spiro atoms. The smallest absolute Gasteiger partial charge is 0.263 e. The number of nitrogens with zero attached hydrogens (tertiary/aromatic N) is 2. The van der Waals surface area contributed by atoms with Crippen LogP contribution in [-0.4, -0.2) is 31.8 Å². The van der Waals surface area contributed by atoms with Crippen molar-refractivity contribution in [1.29, 1.82) is 0 Å². The molecule has 0 saturated carbocycles. The summed E-state index contributed by atoms with van der Waals surface area (Å²) in [5.74, 6) is -0.995. The molecule has 1 heterocycles. The number of thiazole rings is 1. The number of carbonyl (C=O) groups is 1. The van der Waals surface area contributed by atoms with Gasteiger partial charge < -0.3 is 9.30 Å². The van der Waals surface area contributed by atoms with Crippen molar-refractivity contribution in [3.05, 3.63) is 51.2 Å². The SMILES string of the molecule is COc1ccc(S(=O)(=O)CC(=O)N=c2sc3c(Cl)ccc(Cl)c3n2C)cc1. The third-order valence-electron chi connectivity index (χ3n) is 3.80. The van der Waals surface area contributed by atoms with Crippen molar-refractivity contribution in [2.75, 3.05) is 12.9 Å². The molecule has 1 amide bonds. The average Bonchev–Trinajstić information content (AvgIpc) is 2.95. The Labute approximate surface area is 169 Å². The molecule has 0 aliphatic rings. The molecule has 3 rings (SSSR count). The van der Waals surface area contributed by atoms with Crippen LogP contribution in [0.3, 0.4) is 0 Å². The van der Waals surface area contributed by atoms with Gasteiger partial charge in [0.2, 0.25) is 0 Å². The van der Waals surface area contributed by atoms with Crippen LogP contribution in [-0.2, 0) is 21.7 Å². The molecule has 0 radical (unpaired) electrons. The Bertz CT molecular complexity index is 1200. The van der Waals surface area contributed by atoms with Gasteiger partial charge in [-0.15, -0.1) is 0 Å². The van der Waals surface area contributed by atoms with Crippen LogP contribution in [0, 0.1) is 0 Å². The second kappa shape index (κ2) is 7.63. The number of aryl methyl sites for hydroxylation is 1. The minimum atomic E-state index is -3.82. The summed E-state index contributed by atoms with van der Waals surface area (Å²) in [6.07, 6.45) is 0. The maximum absolute atomic E-state index is 12.4. The molecule has 142 valence electrons. The highest BCUT2D eigenvalue weighted by molar-refractivity contribution is 7.92. The van der Waals surface area contributed by atoms with E-state index in [1.54, 1.807) is 23.7 Å². The minimum absolute atomic E-state index is 0.0265. The predicted octanol–water partition coefficient (Wildman–Crippen LogP) is 3.46. The summed E-state index contributed by atoms with van der Waals surface area (Å²) >= 11 is 13.5. The summed E-state index contributed by atoms with van der Waals surface area (Å²) in [4.78, 5) is 16.6. The highest BCUT2D eigenvalue weighted by Crippen LogP contribution is 2.31. The van der Waals surface area contributed by atoms with E-state index >= 15 is 0 Å². The number of benzene rings is 2. The van der Waals surface area contributed by atoms with E-state index < -0.39 is 21.5 Å². The van der Waals surface area contributed by atoms with Crippen LogP contribution in [0.2, 0.25) is 10.0 Å². The number of sulfone groups is 1. The number of aromatic nitrogens is 1. The molecule has 27 heavy (non-hydrogen) atoms.